The summed E-state index contributed by atoms with van der Waals surface area (Å²) in [6.45, 7) is 3.75. The molecule has 1 aliphatic rings. The molecular weight excluding hydrogens is 691 g/mol. The quantitative estimate of drug-likeness (QED) is 0.0860. The van der Waals surface area contributed by atoms with Crippen LogP contribution in [0.15, 0.2) is 200 Å². The molecule has 57 heavy (non-hydrogen) atoms. The number of nitrogens with two attached hydrogens (primary N) is 2. The lowest BCUT2D eigenvalue weighted by atomic mass is 9.67. The van der Waals surface area contributed by atoms with Crippen LogP contribution in [0.2, 0.25) is 0 Å². The second kappa shape index (κ2) is 17.0. The largest absolute Gasteiger partial charge is 0.343 e. The molecule has 1 heterocycles. The minimum atomic E-state index is -0.247. The van der Waals surface area contributed by atoms with Crippen LogP contribution in [0.4, 0.5) is 11.4 Å². The monoisotopic (exact) mass is 744 g/mol. The van der Waals surface area contributed by atoms with Crippen molar-refractivity contribution in [2.75, 3.05) is 25.0 Å². The zero-order chi connectivity index (χ0) is 39.1. The topological polar surface area (TPSA) is 45.9 Å². The third-order valence-corrected chi connectivity index (χ3v) is 12.1. The normalized spacial score (nSPS) is 16.4. The van der Waals surface area contributed by atoms with E-state index < -0.39 is 0 Å². The van der Waals surface area contributed by atoms with E-state index in [0.717, 1.165) is 32.2 Å². The molecule has 7 aromatic rings. The van der Waals surface area contributed by atoms with Crippen molar-refractivity contribution in [3.8, 4) is 0 Å². The lowest BCUT2D eigenvalue weighted by Gasteiger charge is -2.36. The van der Waals surface area contributed by atoms with Crippen molar-refractivity contribution >= 4 is 32.9 Å². The molecule has 0 saturated heterocycles. The van der Waals surface area contributed by atoms with Gasteiger partial charge in [0.05, 0.1) is 7.05 Å². The van der Waals surface area contributed by atoms with Crippen LogP contribution in [0, 0.1) is 0 Å². The van der Waals surface area contributed by atoms with E-state index in [2.05, 4.69) is 218 Å². The number of benzene rings is 7. The summed E-state index contributed by atoms with van der Waals surface area (Å²) in [5, 5.41) is 7.50. The maximum atomic E-state index is 6.33. The molecule has 1 atom stereocenters. The summed E-state index contributed by atoms with van der Waals surface area (Å²) < 4.78 is 0. The van der Waals surface area contributed by atoms with Crippen molar-refractivity contribution in [2.24, 2.45) is 5.73 Å². The molecule has 0 bridgehead atoms. The van der Waals surface area contributed by atoms with E-state index in [9.17, 15) is 0 Å². The Hall–Kier alpha value is -6.00. The van der Waals surface area contributed by atoms with Gasteiger partial charge in [0.1, 0.15) is 5.69 Å². The molecule has 0 fully saturated rings. The Morgan fingerprint density at radius 3 is 1.81 bits per heavy atom. The number of hydrogen-bond donors (Lipinski definition) is 2. The predicted molar refractivity (Wildman–Crippen MR) is 242 cm³/mol. The van der Waals surface area contributed by atoms with Crippen molar-refractivity contribution in [1.29, 1.82) is 0 Å². The van der Waals surface area contributed by atoms with Gasteiger partial charge in [-0.25, -0.2) is 0 Å². The highest BCUT2D eigenvalue weighted by Gasteiger charge is 2.44. The molecule has 0 aliphatic carbocycles. The molecule has 0 saturated carbocycles. The minimum absolute atomic E-state index is 0.200. The van der Waals surface area contributed by atoms with Crippen molar-refractivity contribution in [1.82, 2.24) is 0 Å². The summed E-state index contributed by atoms with van der Waals surface area (Å²) >= 11 is 0. The lowest BCUT2D eigenvalue weighted by molar-refractivity contribution is -0.540. The van der Waals surface area contributed by atoms with E-state index >= 15 is 0 Å². The Balaban J connectivity index is 1.20. The van der Waals surface area contributed by atoms with Gasteiger partial charge in [-0.15, -0.1) is 0 Å². The number of rotatable bonds is 14. The van der Waals surface area contributed by atoms with Crippen LogP contribution in [0.3, 0.4) is 0 Å². The Morgan fingerprint density at radius 1 is 0.614 bits per heavy atom. The highest BCUT2D eigenvalue weighted by Crippen LogP contribution is 2.52. The maximum Gasteiger partial charge on any atom is 0.133 e. The van der Waals surface area contributed by atoms with Gasteiger partial charge < -0.3 is 16.0 Å². The van der Waals surface area contributed by atoms with Crippen LogP contribution in [0.25, 0.3) is 21.5 Å². The van der Waals surface area contributed by atoms with Gasteiger partial charge in [-0.05, 0) is 101 Å². The Bertz CT molecular complexity index is 2490. The average Bonchev–Trinajstić information content (AvgIpc) is 3.48. The highest BCUT2D eigenvalue weighted by atomic mass is 15.2. The minimum Gasteiger partial charge on any atom is -0.343 e. The fourth-order valence-electron chi connectivity index (χ4n) is 9.61. The second-order valence-electron chi connectivity index (χ2n) is 15.8. The number of allylic oxidation sites excluding steroid dienone is 6. The van der Waals surface area contributed by atoms with Crippen molar-refractivity contribution in [3.63, 3.8) is 0 Å². The van der Waals surface area contributed by atoms with E-state index in [4.69, 9.17) is 5.73 Å². The smallest absolute Gasteiger partial charge is 0.133 e. The molecule has 0 spiro atoms. The summed E-state index contributed by atoms with van der Waals surface area (Å²) in [6, 6.07) is 59.9. The first-order chi connectivity index (χ1) is 28.0. The van der Waals surface area contributed by atoms with Gasteiger partial charge in [-0.1, -0.05) is 170 Å². The average molecular weight is 745 g/mol. The Morgan fingerprint density at radius 2 is 1.18 bits per heavy atom. The summed E-state index contributed by atoms with van der Waals surface area (Å²) in [6.07, 6.45) is 15.1. The van der Waals surface area contributed by atoms with E-state index in [0.29, 0.717) is 6.54 Å². The fraction of sp³-hybridized carbons (Fsp3) is 0.185. The maximum absolute atomic E-state index is 6.33. The predicted octanol–water partition coefficient (Wildman–Crippen LogP) is 10.9. The third-order valence-electron chi connectivity index (χ3n) is 12.1. The van der Waals surface area contributed by atoms with Crippen LogP contribution in [-0.2, 0) is 30.1 Å². The van der Waals surface area contributed by atoms with Gasteiger partial charge in [0.15, 0.2) is 0 Å². The number of nitrogens with zero attached hydrogens (tertiary/aromatic N) is 1. The van der Waals surface area contributed by atoms with Gasteiger partial charge in [0, 0.05) is 40.9 Å². The van der Waals surface area contributed by atoms with Crippen molar-refractivity contribution in [2.45, 2.75) is 43.4 Å². The number of anilines is 1. The molecule has 284 valence electrons. The Kier molecular flexibility index (Phi) is 11.3. The summed E-state index contributed by atoms with van der Waals surface area (Å²) in [7, 11) is 2.18. The van der Waals surface area contributed by atoms with E-state index in [-0.39, 0.29) is 10.8 Å². The molecular formula is C54H54N3+. The van der Waals surface area contributed by atoms with E-state index in [1.807, 2.05) is 0 Å². The third kappa shape index (κ3) is 7.74. The van der Waals surface area contributed by atoms with Crippen LogP contribution in [-0.4, -0.2) is 20.1 Å². The molecule has 3 nitrogen and oxygen atoms in total. The Labute approximate surface area is 338 Å². The molecule has 1 aliphatic heterocycles. The molecule has 7 aromatic carbocycles. The number of quaternary nitrogens is 1. The first kappa shape index (κ1) is 37.9. The fourth-order valence-corrected chi connectivity index (χ4v) is 9.61. The molecule has 0 radical (unpaired) electrons. The molecule has 1 unspecified atom stereocenters. The first-order valence-electron chi connectivity index (χ1n) is 20.5. The molecule has 0 aromatic heterocycles. The van der Waals surface area contributed by atoms with Crippen LogP contribution in [0.5, 0.6) is 0 Å². The van der Waals surface area contributed by atoms with Gasteiger partial charge in [0.25, 0.3) is 0 Å². The van der Waals surface area contributed by atoms with Gasteiger partial charge in [-0.2, -0.15) is 0 Å². The van der Waals surface area contributed by atoms with Crippen LogP contribution < -0.4 is 16.0 Å². The standard InChI is InChI=1S/C54H53N3/c1-53(38-41-20-8-5-9-21-41)50(57(37-36-55)49-34-32-45-27-16-18-29-47(45)52(49)53)30-14-3-4-19-35-54(39-42-22-10-6-11-23-42,40-43-24-12-7-13-25-43)51-46-28-17-15-26-44(46)31-33-48(51)56-2/h3-34,56H,35-40,55H2,1-2H3/p+1/b14-3+,19-4+,50-30+. The SMILES string of the molecule is C[NH2+]c1ccc2ccccc2c1C(C/C=C/C=C/C=C1/N(CCN)c2ccc3ccccc3c2C1(C)Cc1ccccc1)(Cc1ccccc1)Cc1ccccc1. The zero-order valence-electron chi connectivity index (χ0n) is 33.3. The van der Waals surface area contributed by atoms with Crippen LogP contribution in [0.1, 0.15) is 41.2 Å². The summed E-state index contributed by atoms with van der Waals surface area (Å²) in [4.78, 5) is 2.47. The first-order valence-corrected chi connectivity index (χ1v) is 20.5. The number of fused-ring (bicyclic) bond motifs is 4. The van der Waals surface area contributed by atoms with E-state index in [1.165, 1.54) is 66.4 Å². The van der Waals surface area contributed by atoms with Crippen molar-refractivity contribution in [3.05, 3.63) is 228 Å². The summed E-state index contributed by atoms with van der Waals surface area (Å²) in [5.41, 5.74) is 16.6. The van der Waals surface area contributed by atoms with Gasteiger partial charge in [0.2, 0.25) is 0 Å². The second-order valence-corrected chi connectivity index (χ2v) is 15.8. The number of hydrogen-bond acceptors (Lipinski definition) is 2. The molecule has 4 N–H and O–H groups in total. The molecule has 0 amide bonds. The van der Waals surface area contributed by atoms with Gasteiger partial charge >= 0.3 is 0 Å². The summed E-state index contributed by atoms with van der Waals surface area (Å²) in [5.74, 6) is 0. The van der Waals surface area contributed by atoms with Crippen LogP contribution >= 0.6 is 0 Å². The van der Waals surface area contributed by atoms with Gasteiger partial charge in [-0.3, -0.25) is 0 Å². The van der Waals surface area contributed by atoms with E-state index in [1.54, 1.807) is 0 Å². The highest BCUT2D eigenvalue weighted by molar-refractivity contribution is 5.95. The van der Waals surface area contributed by atoms with Crippen molar-refractivity contribution < 1.29 is 5.32 Å². The molecule has 8 rings (SSSR count). The zero-order valence-corrected chi connectivity index (χ0v) is 33.3. The molecule has 3 heteroatoms. The lowest BCUT2D eigenvalue weighted by Crippen LogP contribution is -2.73.